The van der Waals surface area contributed by atoms with Crippen LogP contribution < -0.4 is 5.32 Å². The summed E-state index contributed by atoms with van der Waals surface area (Å²) in [7, 11) is 2.17. The molecule has 38 heavy (non-hydrogen) atoms. The van der Waals surface area contributed by atoms with Crippen LogP contribution in [0.4, 0.5) is 5.69 Å². The van der Waals surface area contributed by atoms with Gasteiger partial charge in [0.1, 0.15) is 0 Å². The lowest BCUT2D eigenvalue weighted by Gasteiger charge is -2.23. The molecule has 1 unspecified atom stereocenters. The van der Waals surface area contributed by atoms with E-state index in [0.717, 1.165) is 35.4 Å². The smallest absolute Gasteiger partial charge is 0.0469 e. The van der Waals surface area contributed by atoms with E-state index in [1.54, 1.807) is 6.26 Å². The average molecular weight is 527 g/mol. The topological polar surface area (TPSA) is 15.3 Å². The Kier molecular flexibility index (Phi) is 12.5. The van der Waals surface area contributed by atoms with E-state index in [0.29, 0.717) is 6.04 Å². The van der Waals surface area contributed by atoms with Crippen molar-refractivity contribution < 1.29 is 0 Å². The van der Waals surface area contributed by atoms with Gasteiger partial charge in [0.2, 0.25) is 0 Å². The molecule has 0 aromatic heterocycles. The van der Waals surface area contributed by atoms with Crippen molar-refractivity contribution in [2.75, 3.05) is 18.6 Å². The van der Waals surface area contributed by atoms with Gasteiger partial charge in [-0.3, -0.25) is 0 Å². The van der Waals surface area contributed by atoms with Gasteiger partial charge in [0.25, 0.3) is 0 Å². The fourth-order valence-electron chi connectivity index (χ4n) is 4.56. The highest BCUT2D eigenvalue weighted by Crippen LogP contribution is 2.36. The fraction of sp³-hybridized carbons (Fsp3) is 0.314. The zero-order valence-electron chi connectivity index (χ0n) is 24.6. The van der Waals surface area contributed by atoms with Crippen LogP contribution in [0.25, 0.3) is 11.1 Å². The number of anilines is 1. The van der Waals surface area contributed by atoms with Gasteiger partial charge in [-0.2, -0.15) is 12.6 Å². The van der Waals surface area contributed by atoms with E-state index >= 15 is 0 Å². The second kappa shape index (κ2) is 15.3. The lowest BCUT2D eigenvalue weighted by atomic mass is 9.89. The molecule has 0 amide bonds. The molecule has 0 bridgehead atoms. The molecule has 1 heterocycles. The molecule has 1 aromatic carbocycles. The third kappa shape index (κ3) is 7.91. The zero-order chi connectivity index (χ0) is 28.2. The highest BCUT2D eigenvalue weighted by molar-refractivity contribution is 7.79. The van der Waals surface area contributed by atoms with Crippen LogP contribution in [0.15, 0.2) is 114 Å². The van der Waals surface area contributed by atoms with Gasteiger partial charge in [-0.15, -0.1) is 0 Å². The SMILES string of the molecule is C=C(/C=C\C=C/C)c1c(NC2=CCCC=C2)cccc1C(/C=C(C)/C(C)=C1/C=CC(C)N1C)=C(C)C.CS. The summed E-state index contributed by atoms with van der Waals surface area (Å²) in [6, 6.07) is 6.95. The van der Waals surface area contributed by atoms with E-state index in [1.807, 2.05) is 19.1 Å². The highest BCUT2D eigenvalue weighted by atomic mass is 32.1. The molecule has 0 saturated carbocycles. The van der Waals surface area contributed by atoms with Crippen LogP contribution in [0, 0.1) is 0 Å². The summed E-state index contributed by atoms with van der Waals surface area (Å²) in [6.45, 7) is 17.6. The lowest BCUT2D eigenvalue weighted by Crippen LogP contribution is -2.21. The van der Waals surface area contributed by atoms with Crippen LogP contribution in [0.5, 0.6) is 0 Å². The van der Waals surface area contributed by atoms with Crippen LogP contribution in [-0.2, 0) is 0 Å². The molecule has 3 rings (SSSR count). The third-order valence-corrected chi connectivity index (χ3v) is 6.95. The van der Waals surface area contributed by atoms with Gasteiger partial charge in [-0.1, -0.05) is 72.9 Å². The molecule has 0 radical (unpaired) electrons. The minimum absolute atomic E-state index is 0.426. The predicted octanol–water partition coefficient (Wildman–Crippen LogP) is 9.93. The summed E-state index contributed by atoms with van der Waals surface area (Å²) < 4.78 is 0. The van der Waals surface area contributed by atoms with Crippen molar-refractivity contribution in [3.63, 3.8) is 0 Å². The molecule has 1 aromatic rings. The van der Waals surface area contributed by atoms with Crippen LogP contribution in [0.2, 0.25) is 0 Å². The maximum Gasteiger partial charge on any atom is 0.0469 e. The van der Waals surface area contributed by atoms with E-state index in [-0.39, 0.29) is 0 Å². The Morgan fingerprint density at radius 1 is 1.08 bits per heavy atom. The minimum Gasteiger partial charge on any atom is -0.368 e. The monoisotopic (exact) mass is 526 g/mol. The molecule has 1 aliphatic carbocycles. The number of nitrogens with zero attached hydrogens (tertiary/aromatic N) is 1. The Morgan fingerprint density at radius 3 is 2.39 bits per heavy atom. The third-order valence-electron chi connectivity index (χ3n) is 6.95. The fourth-order valence-corrected chi connectivity index (χ4v) is 4.56. The first-order valence-corrected chi connectivity index (χ1v) is 14.3. The van der Waals surface area contributed by atoms with Gasteiger partial charge in [-0.05, 0) is 107 Å². The first-order valence-electron chi connectivity index (χ1n) is 13.4. The van der Waals surface area contributed by atoms with Gasteiger partial charge < -0.3 is 10.2 Å². The largest absolute Gasteiger partial charge is 0.368 e. The molecule has 1 atom stereocenters. The number of nitrogens with one attached hydrogen (secondary N) is 1. The maximum absolute atomic E-state index is 4.48. The molecule has 1 N–H and O–H groups in total. The number of thiol groups is 1. The number of rotatable bonds is 8. The van der Waals surface area contributed by atoms with Crippen LogP contribution >= 0.6 is 12.6 Å². The summed E-state index contributed by atoms with van der Waals surface area (Å²) in [4.78, 5) is 2.34. The van der Waals surface area contributed by atoms with Crippen molar-refractivity contribution in [2.24, 2.45) is 0 Å². The standard InChI is InChI=1S/C34H42N2.CH4S/c1-9-10-12-16-25(4)34-30(19-15-20-32(34)35-29-17-13-11-14-18-29)31(24(2)3)23-26(5)28(7)33-22-21-27(6)36(33)8;1-2/h9-10,12-13,15-23,27,35H,4,11,14H2,1-3,5-8H3;2H,1H3/b10-9-,16-12-,26-23+,33-28-;. The summed E-state index contributed by atoms with van der Waals surface area (Å²) in [5, 5.41) is 3.68. The Balaban J connectivity index is 0.00000247. The van der Waals surface area contributed by atoms with Crippen LogP contribution in [-0.4, -0.2) is 24.2 Å². The molecular formula is C35H46N2S. The van der Waals surface area contributed by atoms with Gasteiger partial charge in [0.05, 0.1) is 0 Å². The molecule has 202 valence electrons. The van der Waals surface area contributed by atoms with E-state index in [9.17, 15) is 0 Å². The van der Waals surface area contributed by atoms with Gasteiger partial charge in [0.15, 0.2) is 0 Å². The zero-order valence-corrected chi connectivity index (χ0v) is 25.5. The van der Waals surface area contributed by atoms with Crippen molar-refractivity contribution in [1.82, 2.24) is 4.90 Å². The molecule has 2 nitrogen and oxygen atoms in total. The molecule has 2 aliphatic rings. The first kappa shape index (κ1) is 31.1. The van der Waals surface area contributed by atoms with E-state index < -0.39 is 0 Å². The second-order valence-corrected chi connectivity index (χ2v) is 9.86. The number of hydrogen-bond donors (Lipinski definition) is 2. The Morgan fingerprint density at radius 2 is 1.82 bits per heavy atom. The molecular weight excluding hydrogens is 480 g/mol. The van der Waals surface area contributed by atoms with E-state index in [1.165, 1.54) is 33.6 Å². The minimum atomic E-state index is 0.426. The second-order valence-electron chi connectivity index (χ2n) is 9.86. The van der Waals surface area contributed by atoms with E-state index in [2.05, 4.69) is 138 Å². The average Bonchev–Trinajstić information content (AvgIpc) is 3.25. The molecule has 0 fully saturated rings. The van der Waals surface area contributed by atoms with Crippen LogP contribution in [0.3, 0.4) is 0 Å². The summed E-state index contributed by atoms with van der Waals surface area (Å²) >= 11 is 3.53. The van der Waals surface area contributed by atoms with Gasteiger partial charge >= 0.3 is 0 Å². The van der Waals surface area contributed by atoms with Crippen molar-refractivity contribution in [2.45, 2.75) is 60.4 Å². The number of allylic oxidation sites excluding steroid dienone is 14. The Bertz CT molecular complexity index is 1240. The molecule has 1 aliphatic heterocycles. The molecule has 3 heteroatoms. The van der Waals surface area contributed by atoms with E-state index in [4.69, 9.17) is 0 Å². The van der Waals surface area contributed by atoms with Crippen molar-refractivity contribution >= 4 is 29.5 Å². The Hall–Kier alpha value is -3.17. The van der Waals surface area contributed by atoms with Crippen molar-refractivity contribution in [1.29, 1.82) is 0 Å². The predicted molar refractivity (Wildman–Crippen MR) is 176 cm³/mol. The first-order chi connectivity index (χ1) is 18.2. The summed E-state index contributed by atoms with van der Waals surface area (Å²) in [5.74, 6) is 0. The summed E-state index contributed by atoms with van der Waals surface area (Å²) in [6.07, 6.45) is 25.6. The van der Waals surface area contributed by atoms with Crippen LogP contribution in [0.1, 0.15) is 65.5 Å². The molecule has 0 spiro atoms. The summed E-state index contributed by atoms with van der Waals surface area (Å²) in [5.41, 5.74) is 11.9. The quantitative estimate of drug-likeness (QED) is 0.259. The van der Waals surface area contributed by atoms with Crippen molar-refractivity contribution in [3.05, 3.63) is 125 Å². The van der Waals surface area contributed by atoms with Gasteiger partial charge in [-0.25, -0.2) is 0 Å². The normalized spacial score (nSPS) is 18.4. The Labute approximate surface area is 237 Å². The maximum atomic E-state index is 4.48. The lowest BCUT2D eigenvalue weighted by molar-refractivity contribution is 0.401. The number of benzene rings is 1. The number of likely N-dealkylation sites (N-methyl/N-ethyl adjacent to an activating group) is 1. The number of hydrogen-bond acceptors (Lipinski definition) is 3. The van der Waals surface area contributed by atoms with Crippen molar-refractivity contribution in [3.8, 4) is 0 Å². The van der Waals surface area contributed by atoms with Gasteiger partial charge in [0, 0.05) is 35.7 Å². The highest BCUT2D eigenvalue weighted by Gasteiger charge is 2.19. The molecule has 0 saturated heterocycles.